The number of hydrogen-bond donors (Lipinski definition) is 1. The summed E-state index contributed by atoms with van der Waals surface area (Å²) in [5.41, 5.74) is 0.467. The molecule has 0 saturated carbocycles. The van der Waals surface area contributed by atoms with Gasteiger partial charge in [-0.15, -0.1) is 0 Å². The molecule has 0 aromatic heterocycles. The summed E-state index contributed by atoms with van der Waals surface area (Å²) in [5.74, 6) is -0.955. The third kappa shape index (κ3) is 6.14. The predicted octanol–water partition coefficient (Wildman–Crippen LogP) is 3.82. The summed E-state index contributed by atoms with van der Waals surface area (Å²) in [4.78, 5) is 27.0. The number of nitrogens with zero attached hydrogens (tertiary/aromatic N) is 2. The van der Waals surface area contributed by atoms with E-state index < -0.39 is 28.5 Å². The topological polar surface area (TPSA) is 86.8 Å². The van der Waals surface area contributed by atoms with Gasteiger partial charge in [0.05, 0.1) is 11.4 Å². The Bertz CT molecular complexity index is 1060. The van der Waals surface area contributed by atoms with Crippen molar-refractivity contribution in [2.75, 3.05) is 20.6 Å². The van der Waals surface area contributed by atoms with Crippen molar-refractivity contribution < 1.29 is 18.0 Å². The summed E-state index contributed by atoms with van der Waals surface area (Å²) in [6.07, 6.45) is 0.307. The average Bonchev–Trinajstić information content (AvgIpc) is 2.75. The van der Waals surface area contributed by atoms with Gasteiger partial charge in [-0.2, -0.15) is 4.31 Å². The monoisotopic (exact) mass is 519 g/mol. The summed E-state index contributed by atoms with van der Waals surface area (Å²) in [6, 6.07) is 9.71. The lowest BCUT2D eigenvalue weighted by Gasteiger charge is -2.32. The Balaban J connectivity index is 2.36. The quantitative estimate of drug-likeness (QED) is 0.544. The van der Waals surface area contributed by atoms with E-state index in [1.165, 1.54) is 43.3 Å². The fraction of sp³-hybridized carbons (Fsp3) is 0.333. The van der Waals surface area contributed by atoms with E-state index in [0.29, 0.717) is 27.1 Å². The minimum atomic E-state index is -3.96. The number of amides is 2. The molecule has 0 saturated heterocycles. The van der Waals surface area contributed by atoms with Crippen molar-refractivity contribution in [3.05, 3.63) is 63.1 Å². The molecule has 0 aliphatic carbocycles. The highest BCUT2D eigenvalue weighted by Gasteiger charge is 2.32. The van der Waals surface area contributed by atoms with Crippen molar-refractivity contribution in [3.8, 4) is 0 Å². The smallest absolute Gasteiger partial charge is 0.243 e. The highest BCUT2D eigenvalue weighted by molar-refractivity contribution is 7.89. The fourth-order valence-electron chi connectivity index (χ4n) is 3.09. The predicted molar refractivity (Wildman–Crippen MR) is 126 cm³/mol. The maximum Gasteiger partial charge on any atom is 0.243 e. The number of likely N-dealkylation sites (N-methyl/N-ethyl adjacent to an activating group) is 2. The summed E-state index contributed by atoms with van der Waals surface area (Å²) < 4.78 is 26.7. The van der Waals surface area contributed by atoms with Gasteiger partial charge in [-0.05, 0) is 42.8 Å². The number of nitrogens with one attached hydrogen (secondary N) is 1. The number of carbonyl (C=O) groups is 2. The second kappa shape index (κ2) is 11.3. The van der Waals surface area contributed by atoms with E-state index >= 15 is 0 Å². The van der Waals surface area contributed by atoms with Gasteiger partial charge in [0.25, 0.3) is 0 Å². The van der Waals surface area contributed by atoms with Crippen LogP contribution in [-0.4, -0.2) is 56.1 Å². The third-order valence-corrected chi connectivity index (χ3v) is 7.68. The molecule has 0 spiro atoms. The molecular weight excluding hydrogens is 497 g/mol. The largest absolute Gasteiger partial charge is 0.357 e. The molecular formula is C21H24Cl3N3O4S. The summed E-state index contributed by atoms with van der Waals surface area (Å²) in [6.45, 7) is 1.21. The molecule has 1 atom stereocenters. The van der Waals surface area contributed by atoms with Crippen LogP contribution in [0.1, 0.15) is 18.9 Å². The van der Waals surface area contributed by atoms with Crippen molar-refractivity contribution in [2.24, 2.45) is 0 Å². The van der Waals surface area contributed by atoms with Gasteiger partial charge in [0.2, 0.25) is 21.8 Å². The van der Waals surface area contributed by atoms with Gasteiger partial charge in [0, 0.05) is 41.3 Å². The summed E-state index contributed by atoms with van der Waals surface area (Å²) in [5, 5.41) is 3.60. The van der Waals surface area contributed by atoms with Crippen molar-refractivity contribution in [1.29, 1.82) is 0 Å². The van der Waals surface area contributed by atoms with Crippen LogP contribution in [-0.2, 0) is 26.2 Å². The molecule has 32 heavy (non-hydrogen) atoms. The van der Waals surface area contributed by atoms with E-state index in [-0.39, 0.29) is 17.3 Å². The minimum Gasteiger partial charge on any atom is -0.357 e. The van der Waals surface area contributed by atoms with E-state index in [1.807, 2.05) is 0 Å². The van der Waals surface area contributed by atoms with Crippen molar-refractivity contribution >= 4 is 56.6 Å². The lowest BCUT2D eigenvalue weighted by Crippen LogP contribution is -2.51. The van der Waals surface area contributed by atoms with Crippen LogP contribution >= 0.6 is 34.8 Å². The van der Waals surface area contributed by atoms with E-state index in [4.69, 9.17) is 34.8 Å². The zero-order valence-electron chi connectivity index (χ0n) is 17.8. The Hall–Kier alpha value is -1.84. The SMILES string of the molecule is CCC(C(=O)NC)N(Cc1c(Cl)cccc1Cl)C(=O)CN(C)S(=O)(=O)c1ccc(Cl)cc1. The zero-order valence-corrected chi connectivity index (χ0v) is 20.9. The zero-order chi connectivity index (χ0) is 24.1. The molecule has 0 fully saturated rings. The molecule has 0 aliphatic heterocycles. The Morgan fingerprint density at radius 2 is 1.59 bits per heavy atom. The molecule has 2 aromatic carbocycles. The van der Waals surface area contributed by atoms with Crippen LogP contribution in [0, 0.1) is 0 Å². The molecule has 0 bridgehead atoms. The van der Waals surface area contributed by atoms with Crippen molar-refractivity contribution in [2.45, 2.75) is 30.8 Å². The van der Waals surface area contributed by atoms with Gasteiger partial charge in [-0.3, -0.25) is 9.59 Å². The highest BCUT2D eigenvalue weighted by Crippen LogP contribution is 2.27. The van der Waals surface area contributed by atoms with Gasteiger partial charge in [0.15, 0.2) is 0 Å². The van der Waals surface area contributed by atoms with Crippen molar-refractivity contribution in [1.82, 2.24) is 14.5 Å². The van der Waals surface area contributed by atoms with Gasteiger partial charge >= 0.3 is 0 Å². The second-order valence-corrected chi connectivity index (χ2v) is 10.3. The number of sulfonamides is 1. The van der Waals surface area contributed by atoms with Gasteiger partial charge in [0.1, 0.15) is 6.04 Å². The second-order valence-electron chi connectivity index (χ2n) is 6.98. The third-order valence-electron chi connectivity index (χ3n) is 4.90. The number of benzene rings is 2. The van der Waals surface area contributed by atoms with Gasteiger partial charge < -0.3 is 10.2 Å². The summed E-state index contributed by atoms with van der Waals surface area (Å²) in [7, 11) is -1.20. The normalized spacial score (nSPS) is 12.5. The first-order valence-corrected chi connectivity index (χ1v) is 12.3. The maximum atomic E-state index is 13.3. The molecule has 0 radical (unpaired) electrons. The van der Waals surface area contributed by atoms with Crippen LogP contribution in [0.5, 0.6) is 0 Å². The number of halogens is 3. The Labute approximate surface area is 203 Å². The first-order valence-electron chi connectivity index (χ1n) is 9.68. The van der Waals surface area contributed by atoms with Crippen LogP contribution in [0.25, 0.3) is 0 Å². The fourth-order valence-corrected chi connectivity index (χ4v) is 4.86. The Kier molecular flexibility index (Phi) is 9.36. The van der Waals surface area contributed by atoms with Gasteiger partial charge in [-0.1, -0.05) is 47.8 Å². The Morgan fingerprint density at radius 3 is 2.09 bits per heavy atom. The average molecular weight is 521 g/mol. The molecule has 0 aliphatic rings. The standard InChI is InChI=1S/C21H24Cl3N3O4S/c1-4-19(21(29)25-2)27(12-16-17(23)6-5-7-18(16)24)20(28)13-26(3)32(30,31)15-10-8-14(22)9-11-15/h5-11,19H,4,12-13H2,1-3H3,(H,25,29). The first kappa shape index (κ1) is 26.4. The molecule has 0 heterocycles. The first-order chi connectivity index (χ1) is 15.0. The van der Waals surface area contributed by atoms with Crippen LogP contribution in [0.4, 0.5) is 0 Å². The van der Waals surface area contributed by atoms with Crippen LogP contribution in [0.3, 0.4) is 0 Å². The number of rotatable bonds is 9. The molecule has 1 unspecified atom stereocenters. The molecule has 1 N–H and O–H groups in total. The van der Waals surface area contributed by atoms with E-state index in [1.54, 1.807) is 25.1 Å². The molecule has 2 amide bonds. The molecule has 2 aromatic rings. The van der Waals surface area contributed by atoms with E-state index in [2.05, 4.69) is 5.32 Å². The van der Waals surface area contributed by atoms with Crippen LogP contribution < -0.4 is 5.32 Å². The summed E-state index contributed by atoms with van der Waals surface area (Å²) >= 11 is 18.4. The highest BCUT2D eigenvalue weighted by atomic mass is 35.5. The molecule has 174 valence electrons. The van der Waals surface area contributed by atoms with E-state index in [9.17, 15) is 18.0 Å². The lowest BCUT2D eigenvalue weighted by atomic mass is 10.1. The number of hydrogen-bond acceptors (Lipinski definition) is 4. The Morgan fingerprint density at radius 1 is 1.03 bits per heavy atom. The number of carbonyl (C=O) groups excluding carboxylic acids is 2. The van der Waals surface area contributed by atoms with Crippen LogP contribution in [0.2, 0.25) is 15.1 Å². The molecule has 2 rings (SSSR count). The van der Waals surface area contributed by atoms with Crippen molar-refractivity contribution in [3.63, 3.8) is 0 Å². The maximum absolute atomic E-state index is 13.3. The molecule has 7 nitrogen and oxygen atoms in total. The lowest BCUT2D eigenvalue weighted by molar-refractivity contribution is -0.141. The van der Waals surface area contributed by atoms with Crippen LogP contribution in [0.15, 0.2) is 47.4 Å². The van der Waals surface area contributed by atoms with Gasteiger partial charge in [-0.25, -0.2) is 8.42 Å². The van der Waals surface area contributed by atoms with E-state index in [0.717, 1.165) is 4.31 Å². The minimum absolute atomic E-state index is 0.00348. The molecule has 11 heteroatoms.